The van der Waals surface area contributed by atoms with Gasteiger partial charge < -0.3 is 24.1 Å². The van der Waals surface area contributed by atoms with Crippen LogP contribution >= 0.6 is 0 Å². The van der Waals surface area contributed by atoms with Gasteiger partial charge in [-0.2, -0.15) is 0 Å². The molecule has 0 radical (unpaired) electrons. The molecule has 9 rings (SSSR count). The van der Waals surface area contributed by atoms with Crippen LogP contribution in [0.1, 0.15) is 164 Å². The van der Waals surface area contributed by atoms with Crippen molar-refractivity contribution in [2.24, 2.45) is 52.8 Å². The Labute approximate surface area is 311 Å². The first-order chi connectivity index (χ1) is 24.4. The fraction of sp³-hybridized carbons (Fsp3) is 0.907. The summed E-state index contributed by atoms with van der Waals surface area (Å²) in [6.45, 7) is 13.3. The van der Waals surface area contributed by atoms with E-state index in [0.717, 1.165) is 82.0 Å². The molecule has 8 aliphatic carbocycles. The molecule has 0 aromatic heterocycles. The number of carbonyl (C=O) groups excluding carboxylic acids is 4. The molecule has 0 amide bonds. The molecule has 292 valence electrons. The minimum atomic E-state index is -1.14. The fourth-order valence-corrected chi connectivity index (χ4v) is 13.7. The highest BCUT2D eigenvalue weighted by Gasteiger charge is 2.62. The molecule has 8 bridgehead atoms. The number of hydrogen-bond donors (Lipinski definition) is 1. The summed E-state index contributed by atoms with van der Waals surface area (Å²) in [7, 11) is 0. The maximum atomic E-state index is 14.5. The first-order valence-electron chi connectivity index (χ1n) is 21.0. The molecule has 1 aliphatic heterocycles. The normalized spacial score (nSPS) is 41.3. The van der Waals surface area contributed by atoms with Crippen molar-refractivity contribution >= 4 is 23.9 Å². The van der Waals surface area contributed by atoms with Gasteiger partial charge in [0.2, 0.25) is 0 Å². The van der Waals surface area contributed by atoms with Crippen LogP contribution in [0.4, 0.5) is 0 Å². The lowest BCUT2D eigenvalue weighted by Crippen LogP contribution is -2.60. The Kier molecular flexibility index (Phi) is 9.72. The maximum Gasteiger partial charge on any atom is 0.310 e. The molecule has 9 nitrogen and oxygen atoms in total. The summed E-state index contributed by atoms with van der Waals surface area (Å²) >= 11 is 0. The van der Waals surface area contributed by atoms with E-state index in [1.807, 2.05) is 6.92 Å². The van der Waals surface area contributed by atoms with E-state index in [-0.39, 0.29) is 30.6 Å². The average molecular weight is 727 g/mol. The first kappa shape index (κ1) is 38.1. The van der Waals surface area contributed by atoms with Crippen LogP contribution in [0.25, 0.3) is 0 Å². The number of carbonyl (C=O) groups is 4. The van der Waals surface area contributed by atoms with Gasteiger partial charge in [-0.15, -0.1) is 0 Å². The van der Waals surface area contributed by atoms with Gasteiger partial charge in [-0.3, -0.25) is 19.2 Å². The van der Waals surface area contributed by atoms with Gasteiger partial charge in [0, 0.05) is 11.8 Å². The highest BCUT2D eigenvalue weighted by atomic mass is 16.6. The predicted octanol–water partition coefficient (Wildman–Crippen LogP) is 8.02. The fourth-order valence-electron chi connectivity index (χ4n) is 13.7. The standard InChI is InChI=1S/C43H66O9/c1-8-32(36(46)52-43(9-2,10-3)40-17-27-12-28(18-40)14-29(13-27)19-40)16-33(11-26(4)35(45)50-39(7)24-34(44)49-38(39,5)6)37(47)51-42-22-30-15-31(23-42)21-41(48,20-30)25-42/h26-33,48H,8-25H2,1-7H3. The molecule has 52 heavy (non-hydrogen) atoms. The molecule has 6 unspecified atom stereocenters. The molecular formula is C43H66O9. The number of hydrogen-bond acceptors (Lipinski definition) is 9. The van der Waals surface area contributed by atoms with Crippen molar-refractivity contribution in [3.05, 3.63) is 0 Å². The second-order valence-corrected chi connectivity index (χ2v) is 20.1. The van der Waals surface area contributed by atoms with Crippen molar-refractivity contribution in [1.82, 2.24) is 0 Å². The highest BCUT2D eigenvalue weighted by molar-refractivity contribution is 5.80. The third-order valence-corrected chi connectivity index (χ3v) is 16.0. The van der Waals surface area contributed by atoms with Crippen LogP contribution in [-0.2, 0) is 38.1 Å². The summed E-state index contributed by atoms with van der Waals surface area (Å²) in [4.78, 5) is 54.9. The molecule has 9 heteroatoms. The van der Waals surface area contributed by atoms with E-state index < -0.39 is 63.7 Å². The molecule has 1 N–H and O–H groups in total. The molecular weight excluding hydrogens is 660 g/mol. The van der Waals surface area contributed by atoms with Crippen LogP contribution in [0, 0.1) is 52.8 Å². The zero-order chi connectivity index (χ0) is 37.5. The summed E-state index contributed by atoms with van der Waals surface area (Å²) in [6.07, 6.45) is 14.3. The second-order valence-electron chi connectivity index (χ2n) is 20.1. The number of ether oxygens (including phenoxy) is 4. The lowest BCUT2D eigenvalue weighted by molar-refractivity contribution is -0.223. The Morgan fingerprint density at radius 1 is 0.769 bits per heavy atom. The summed E-state index contributed by atoms with van der Waals surface area (Å²) in [5, 5.41) is 11.4. The van der Waals surface area contributed by atoms with E-state index >= 15 is 0 Å². The smallest absolute Gasteiger partial charge is 0.310 e. The zero-order valence-electron chi connectivity index (χ0n) is 33.1. The summed E-state index contributed by atoms with van der Waals surface area (Å²) in [5.41, 5.74) is -4.15. The van der Waals surface area contributed by atoms with Crippen molar-refractivity contribution in [2.45, 2.75) is 192 Å². The lowest BCUT2D eigenvalue weighted by atomic mass is 9.44. The molecule has 6 atom stereocenters. The molecule has 1 saturated heterocycles. The van der Waals surface area contributed by atoms with Gasteiger partial charge in [-0.05, 0) is 153 Å². The number of cyclic esters (lactones) is 1. The van der Waals surface area contributed by atoms with E-state index in [0.29, 0.717) is 24.7 Å². The van der Waals surface area contributed by atoms with Crippen molar-refractivity contribution < 1.29 is 43.2 Å². The molecule has 0 aromatic carbocycles. The molecule has 8 saturated carbocycles. The van der Waals surface area contributed by atoms with Crippen LogP contribution in [0.5, 0.6) is 0 Å². The van der Waals surface area contributed by atoms with E-state index in [4.69, 9.17) is 18.9 Å². The number of rotatable bonds is 14. The van der Waals surface area contributed by atoms with Crippen LogP contribution in [-0.4, -0.2) is 57.0 Å². The van der Waals surface area contributed by atoms with Crippen LogP contribution < -0.4 is 0 Å². The Morgan fingerprint density at radius 2 is 1.33 bits per heavy atom. The first-order valence-corrected chi connectivity index (χ1v) is 21.0. The third-order valence-electron chi connectivity index (χ3n) is 16.0. The minimum absolute atomic E-state index is 0.0176. The van der Waals surface area contributed by atoms with Crippen LogP contribution in [0.3, 0.4) is 0 Å². The monoisotopic (exact) mass is 726 g/mol. The van der Waals surface area contributed by atoms with E-state index in [9.17, 15) is 24.3 Å². The van der Waals surface area contributed by atoms with Crippen LogP contribution in [0.2, 0.25) is 0 Å². The second kappa shape index (κ2) is 13.3. The van der Waals surface area contributed by atoms with Gasteiger partial charge in [-0.25, -0.2) is 0 Å². The molecule has 0 spiro atoms. The van der Waals surface area contributed by atoms with Crippen molar-refractivity contribution in [1.29, 1.82) is 0 Å². The molecule has 1 heterocycles. The average Bonchev–Trinajstić information content (AvgIpc) is 3.23. The van der Waals surface area contributed by atoms with Gasteiger partial charge in [0.1, 0.15) is 16.8 Å². The molecule has 9 aliphatic rings. The van der Waals surface area contributed by atoms with Crippen molar-refractivity contribution in [3.63, 3.8) is 0 Å². The van der Waals surface area contributed by atoms with Gasteiger partial charge in [0.05, 0.1) is 29.8 Å². The van der Waals surface area contributed by atoms with Gasteiger partial charge in [0.25, 0.3) is 0 Å². The summed E-state index contributed by atoms with van der Waals surface area (Å²) in [5.74, 6) is -0.686. The Hall–Kier alpha value is -2.16. The third kappa shape index (κ3) is 6.63. The minimum Gasteiger partial charge on any atom is -0.459 e. The van der Waals surface area contributed by atoms with Gasteiger partial charge >= 0.3 is 23.9 Å². The van der Waals surface area contributed by atoms with Crippen molar-refractivity contribution in [3.8, 4) is 0 Å². The molecule has 9 fully saturated rings. The Balaban J connectivity index is 1.11. The maximum absolute atomic E-state index is 14.5. The van der Waals surface area contributed by atoms with E-state index in [1.54, 1.807) is 27.7 Å². The van der Waals surface area contributed by atoms with Crippen molar-refractivity contribution in [2.75, 3.05) is 0 Å². The molecule has 0 aromatic rings. The predicted molar refractivity (Wildman–Crippen MR) is 193 cm³/mol. The topological polar surface area (TPSA) is 125 Å². The Morgan fingerprint density at radius 3 is 1.81 bits per heavy atom. The largest absolute Gasteiger partial charge is 0.459 e. The SMILES string of the molecule is CCC(CC(CC(C)C(=O)OC1(C)CC(=O)OC1(C)C)C(=O)OC12CC3CC(CC(O)(C3)C1)C2)C(=O)OC(CC)(CC)C12CC3CC(CC(C3)C1)C2. The summed E-state index contributed by atoms with van der Waals surface area (Å²) < 4.78 is 24.8. The van der Waals surface area contributed by atoms with Gasteiger partial charge in [0.15, 0.2) is 5.60 Å². The highest BCUT2D eigenvalue weighted by Crippen LogP contribution is 2.66. The quantitative estimate of drug-likeness (QED) is 0.140. The Bertz CT molecular complexity index is 1380. The lowest BCUT2D eigenvalue weighted by Gasteiger charge is -2.63. The van der Waals surface area contributed by atoms with Crippen LogP contribution in [0.15, 0.2) is 0 Å². The van der Waals surface area contributed by atoms with E-state index in [2.05, 4.69) is 13.8 Å². The summed E-state index contributed by atoms with van der Waals surface area (Å²) in [6, 6.07) is 0. The zero-order valence-corrected chi connectivity index (χ0v) is 33.1. The van der Waals surface area contributed by atoms with Gasteiger partial charge in [-0.1, -0.05) is 27.7 Å². The number of esters is 4. The number of aliphatic hydroxyl groups is 1. The van der Waals surface area contributed by atoms with E-state index in [1.165, 1.54) is 19.3 Å².